The number of benzene rings is 1. The first-order valence-electron chi connectivity index (χ1n) is 6.66. The predicted octanol–water partition coefficient (Wildman–Crippen LogP) is 0.959. The highest BCUT2D eigenvalue weighted by Gasteiger charge is 2.20. The SMILES string of the molecule is COc1cc(Cl)ccc1S(=O)(=O)NCCN1CCOCC1. The highest BCUT2D eigenvalue weighted by Crippen LogP contribution is 2.26. The van der Waals surface area contributed by atoms with Crippen LogP contribution < -0.4 is 9.46 Å². The molecular formula is C13H19ClN2O4S. The molecule has 21 heavy (non-hydrogen) atoms. The van der Waals surface area contributed by atoms with E-state index in [0.29, 0.717) is 31.3 Å². The number of hydrogen-bond donors (Lipinski definition) is 1. The number of hydrogen-bond acceptors (Lipinski definition) is 5. The van der Waals surface area contributed by atoms with Crippen LogP contribution in [0, 0.1) is 0 Å². The molecule has 2 rings (SSSR count). The molecule has 1 aromatic rings. The summed E-state index contributed by atoms with van der Waals surface area (Å²) in [5.74, 6) is 0.237. The summed E-state index contributed by atoms with van der Waals surface area (Å²) in [6.45, 7) is 4.03. The van der Waals surface area contributed by atoms with Crippen molar-refractivity contribution in [1.82, 2.24) is 9.62 Å². The second-order valence-corrected chi connectivity index (χ2v) is 6.82. The quantitative estimate of drug-likeness (QED) is 0.839. The van der Waals surface area contributed by atoms with E-state index in [1.807, 2.05) is 0 Å². The smallest absolute Gasteiger partial charge is 0.244 e. The Morgan fingerprint density at radius 2 is 2.10 bits per heavy atom. The zero-order valence-corrected chi connectivity index (χ0v) is 13.4. The van der Waals surface area contributed by atoms with Crippen LogP contribution >= 0.6 is 11.6 Å². The van der Waals surface area contributed by atoms with Gasteiger partial charge in [0.05, 0.1) is 20.3 Å². The fourth-order valence-corrected chi connectivity index (χ4v) is 3.44. The van der Waals surface area contributed by atoms with Crippen LogP contribution in [-0.4, -0.2) is 59.8 Å². The van der Waals surface area contributed by atoms with E-state index in [9.17, 15) is 8.42 Å². The molecule has 0 saturated carbocycles. The molecule has 0 atom stereocenters. The van der Waals surface area contributed by atoms with Crippen LogP contribution in [0.15, 0.2) is 23.1 Å². The third-order valence-corrected chi connectivity index (χ3v) is 4.97. The van der Waals surface area contributed by atoms with E-state index in [1.165, 1.54) is 25.3 Å². The number of halogens is 1. The van der Waals surface area contributed by atoms with Gasteiger partial charge in [-0.2, -0.15) is 0 Å². The van der Waals surface area contributed by atoms with E-state index in [1.54, 1.807) is 0 Å². The average molecular weight is 335 g/mol. The topological polar surface area (TPSA) is 67.9 Å². The van der Waals surface area contributed by atoms with E-state index < -0.39 is 10.0 Å². The van der Waals surface area contributed by atoms with Crippen molar-refractivity contribution in [2.45, 2.75) is 4.90 Å². The maximum atomic E-state index is 12.3. The summed E-state index contributed by atoms with van der Waals surface area (Å²) < 4.78 is 37.5. The minimum absolute atomic E-state index is 0.0939. The monoisotopic (exact) mass is 334 g/mol. The second kappa shape index (κ2) is 7.42. The van der Waals surface area contributed by atoms with Gasteiger partial charge < -0.3 is 9.47 Å². The van der Waals surface area contributed by atoms with Crippen molar-refractivity contribution in [3.8, 4) is 5.75 Å². The van der Waals surface area contributed by atoms with E-state index in [4.69, 9.17) is 21.1 Å². The lowest BCUT2D eigenvalue weighted by atomic mass is 10.3. The molecule has 1 heterocycles. The van der Waals surface area contributed by atoms with Crippen molar-refractivity contribution in [2.75, 3.05) is 46.5 Å². The second-order valence-electron chi connectivity index (χ2n) is 4.65. The summed E-state index contributed by atoms with van der Waals surface area (Å²) in [5, 5.41) is 0.430. The highest BCUT2D eigenvalue weighted by molar-refractivity contribution is 7.89. The van der Waals surface area contributed by atoms with Crippen LogP contribution in [0.4, 0.5) is 0 Å². The zero-order valence-electron chi connectivity index (χ0n) is 11.8. The van der Waals surface area contributed by atoms with E-state index >= 15 is 0 Å². The summed E-state index contributed by atoms with van der Waals surface area (Å²) in [6, 6.07) is 4.46. The van der Waals surface area contributed by atoms with E-state index in [0.717, 1.165) is 13.1 Å². The van der Waals surface area contributed by atoms with E-state index in [2.05, 4.69) is 9.62 Å². The Labute approximate surface area is 130 Å². The molecule has 1 aromatic carbocycles. The van der Waals surface area contributed by atoms with Crippen LogP contribution in [0.3, 0.4) is 0 Å². The maximum Gasteiger partial charge on any atom is 0.244 e. The Balaban J connectivity index is 1.98. The molecule has 0 aromatic heterocycles. The number of methoxy groups -OCH3 is 1. The number of morpholine rings is 1. The Kier molecular flexibility index (Phi) is 5.83. The molecule has 0 bridgehead atoms. The summed E-state index contributed by atoms with van der Waals surface area (Å²) in [6.07, 6.45) is 0. The molecule has 0 unspecified atom stereocenters. The largest absolute Gasteiger partial charge is 0.495 e. The fraction of sp³-hybridized carbons (Fsp3) is 0.538. The van der Waals surface area contributed by atoms with Crippen LogP contribution in [0.25, 0.3) is 0 Å². The van der Waals surface area contributed by atoms with Gasteiger partial charge in [-0.3, -0.25) is 4.90 Å². The number of nitrogens with zero attached hydrogens (tertiary/aromatic N) is 1. The lowest BCUT2D eigenvalue weighted by molar-refractivity contribution is 0.0390. The van der Waals surface area contributed by atoms with Crippen molar-refractivity contribution < 1.29 is 17.9 Å². The zero-order chi connectivity index (χ0) is 15.3. The number of rotatable bonds is 6. The lowest BCUT2D eigenvalue weighted by Crippen LogP contribution is -2.41. The molecule has 1 N–H and O–H groups in total. The normalized spacial score (nSPS) is 16.9. The minimum Gasteiger partial charge on any atom is -0.495 e. The molecule has 0 spiro atoms. The standard InChI is InChI=1S/C13H19ClN2O4S/c1-19-12-10-11(14)2-3-13(12)21(17,18)15-4-5-16-6-8-20-9-7-16/h2-3,10,15H,4-9H2,1H3. The molecule has 1 aliphatic rings. The minimum atomic E-state index is -3.61. The molecule has 1 aliphatic heterocycles. The first-order chi connectivity index (χ1) is 10.0. The fourth-order valence-electron chi connectivity index (χ4n) is 2.10. The van der Waals surface area contributed by atoms with Gasteiger partial charge in [0.15, 0.2) is 0 Å². The van der Waals surface area contributed by atoms with Crippen LogP contribution in [0.5, 0.6) is 5.75 Å². The number of ether oxygens (including phenoxy) is 2. The van der Waals surface area contributed by atoms with Gasteiger partial charge in [0.1, 0.15) is 10.6 Å². The Hall–Kier alpha value is -0.860. The van der Waals surface area contributed by atoms with Crippen molar-refractivity contribution in [3.63, 3.8) is 0 Å². The van der Waals surface area contributed by atoms with Gasteiger partial charge in [-0.05, 0) is 12.1 Å². The van der Waals surface area contributed by atoms with Gasteiger partial charge in [-0.1, -0.05) is 11.6 Å². The first kappa shape index (κ1) is 16.5. The summed E-state index contributed by atoms with van der Waals surface area (Å²) in [4.78, 5) is 2.25. The molecule has 1 fully saturated rings. The lowest BCUT2D eigenvalue weighted by Gasteiger charge is -2.26. The molecule has 0 radical (unpaired) electrons. The Morgan fingerprint density at radius 3 is 2.76 bits per heavy atom. The van der Waals surface area contributed by atoms with Gasteiger partial charge in [0.25, 0.3) is 0 Å². The molecule has 0 amide bonds. The third-order valence-electron chi connectivity index (χ3n) is 3.24. The number of sulfonamides is 1. The van der Waals surface area contributed by atoms with Gasteiger partial charge in [-0.15, -0.1) is 0 Å². The van der Waals surface area contributed by atoms with Crippen molar-refractivity contribution in [3.05, 3.63) is 23.2 Å². The van der Waals surface area contributed by atoms with Gasteiger partial charge in [-0.25, -0.2) is 13.1 Å². The molecular weight excluding hydrogens is 316 g/mol. The van der Waals surface area contributed by atoms with Gasteiger partial charge in [0, 0.05) is 37.3 Å². The van der Waals surface area contributed by atoms with Crippen LogP contribution in [-0.2, 0) is 14.8 Å². The van der Waals surface area contributed by atoms with Crippen LogP contribution in [0.1, 0.15) is 0 Å². The third kappa shape index (κ3) is 4.55. The molecule has 118 valence electrons. The van der Waals surface area contributed by atoms with E-state index in [-0.39, 0.29) is 10.6 Å². The maximum absolute atomic E-state index is 12.3. The Morgan fingerprint density at radius 1 is 1.38 bits per heavy atom. The molecule has 8 heteroatoms. The first-order valence-corrected chi connectivity index (χ1v) is 8.52. The molecule has 0 aliphatic carbocycles. The van der Waals surface area contributed by atoms with Crippen molar-refractivity contribution in [2.24, 2.45) is 0 Å². The summed E-state index contributed by atoms with van der Waals surface area (Å²) >= 11 is 5.84. The van der Waals surface area contributed by atoms with Gasteiger partial charge in [0.2, 0.25) is 10.0 Å². The highest BCUT2D eigenvalue weighted by atomic mass is 35.5. The molecule has 1 saturated heterocycles. The molecule has 6 nitrogen and oxygen atoms in total. The van der Waals surface area contributed by atoms with Crippen molar-refractivity contribution >= 4 is 21.6 Å². The Bertz CT molecular complexity index is 574. The summed E-state index contributed by atoms with van der Waals surface area (Å²) in [5.41, 5.74) is 0. The average Bonchev–Trinajstić information content (AvgIpc) is 2.47. The van der Waals surface area contributed by atoms with Crippen LogP contribution in [0.2, 0.25) is 5.02 Å². The van der Waals surface area contributed by atoms with Crippen molar-refractivity contribution in [1.29, 1.82) is 0 Å². The predicted molar refractivity (Wildman–Crippen MR) is 80.5 cm³/mol. The summed E-state index contributed by atoms with van der Waals surface area (Å²) in [7, 11) is -2.20. The number of nitrogens with one attached hydrogen (secondary N) is 1. The van der Waals surface area contributed by atoms with Gasteiger partial charge >= 0.3 is 0 Å².